The second-order valence-electron chi connectivity index (χ2n) is 11.0. The van der Waals surface area contributed by atoms with E-state index >= 15 is 0 Å². The number of nitrogens with one attached hydrogen (secondary N) is 2. The SMILES string of the molecule is C#Cc1ccc(C(C(=O)NCC(=O)OC)N(C(=O)C(CCSC)NC(=O)OC(C)(C)C)C(C)CCC(C)C)cc1. The first-order valence-electron chi connectivity index (χ1n) is 13.5. The summed E-state index contributed by atoms with van der Waals surface area (Å²) < 4.78 is 10.1. The predicted octanol–water partition coefficient (Wildman–Crippen LogP) is 4.30. The first-order valence-corrected chi connectivity index (χ1v) is 14.8. The van der Waals surface area contributed by atoms with Crippen LogP contribution >= 0.6 is 11.8 Å². The third-order valence-electron chi connectivity index (χ3n) is 6.05. The number of terminal acetylenes is 1. The average molecular weight is 576 g/mol. The van der Waals surface area contributed by atoms with Gasteiger partial charge in [0.2, 0.25) is 11.8 Å². The fraction of sp³-hybridized carbons (Fsp3) is 0.600. The number of methoxy groups -OCH3 is 1. The highest BCUT2D eigenvalue weighted by molar-refractivity contribution is 7.98. The Balaban J connectivity index is 3.62. The molecule has 3 amide bonds. The molecule has 1 rings (SSSR count). The van der Waals surface area contributed by atoms with Crippen LogP contribution in [0.5, 0.6) is 0 Å². The molecule has 0 fully saturated rings. The number of carbonyl (C=O) groups is 4. The molecule has 0 radical (unpaired) electrons. The second-order valence-corrected chi connectivity index (χ2v) is 12.0. The number of hydrogen-bond acceptors (Lipinski definition) is 7. The number of nitrogens with zero attached hydrogens (tertiary/aromatic N) is 1. The zero-order valence-corrected chi connectivity index (χ0v) is 25.9. The Labute approximate surface area is 243 Å². The van der Waals surface area contributed by atoms with Crippen molar-refractivity contribution >= 4 is 35.6 Å². The van der Waals surface area contributed by atoms with Gasteiger partial charge in [-0.2, -0.15) is 11.8 Å². The summed E-state index contributed by atoms with van der Waals surface area (Å²) in [4.78, 5) is 54.1. The third kappa shape index (κ3) is 11.9. The van der Waals surface area contributed by atoms with Crippen molar-refractivity contribution in [3.05, 3.63) is 35.4 Å². The van der Waals surface area contributed by atoms with Gasteiger partial charge in [0.1, 0.15) is 24.2 Å². The summed E-state index contributed by atoms with van der Waals surface area (Å²) in [7, 11) is 1.23. The normalized spacial score (nSPS) is 13.4. The van der Waals surface area contributed by atoms with Crippen LogP contribution in [-0.2, 0) is 23.9 Å². The van der Waals surface area contributed by atoms with Crippen LogP contribution < -0.4 is 10.6 Å². The van der Waals surface area contributed by atoms with Crippen LogP contribution in [0.15, 0.2) is 24.3 Å². The van der Waals surface area contributed by atoms with Crippen molar-refractivity contribution in [3.8, 4) is 12.3 Å². The van der Waals surface area contributed by atoms with Gasteiger partial charge >= 0.3 is 12.1 Å². The number of amides is 3. The first-order chi connectivity index (χ1) is 18.7. The molecule has 3 atom stereocenters. The van der Waals surface area contributed by atoms with Crippen molar-refractivity contribution in [3.63, 3.8) is 0 Å². The molecule has 0 saturated carbocycles. The van der Waals surface area contributed by atoms with Crippen LogP contribution in [-0.4, -0.2) is 72.1 Å². The summed E-state index contributed by atoms with van der Waals surface area (Å²) in [6.07, 6.45) is 8.49. The molecule has 10 heteroatoms. The molecule has 0 heterocycles. The topological polar surface area (TPSA) is 114 Å². The summed E-state index contributed by atoms with van der Waals surface area (Å²) in [5, 5.41) is 5.34. The number of ether oxygens (including phenoxy) is 2. The monoisotopic (exact) mass is 575 g/mol. The maximum Gasteiger partial charge on any atom is 0.408 e. The largest absolute Gasteiger partial charge is 0.468 e. The molecule has 0 saturated heterocycles. The van der Waals surface area contributed by atoms with Crippen molar-refractivity contribution in [1.29, 1.82) is 0 Å². The first kappa shape index (κ1) is 34.8. The highest BCUT2D eigenvalue weighted by Gasteiger charge is 2.38. The Morgan fingerprint density at radius 2 is 1.68 bits per heavy atom. The molecule has 1 aromatic rings. The van der Waals surface area contributed by atoms with Gasteiger partial charge in [-0.1, -0.05) is 31.9 Å². The van der Waals surface area contributed by atoms with Crippen molar-refractivity contribution in [2.45, 2.75) is 84.5 Å². The van der Waals surface area contributed by atoms with Crippen LogP contribution in [0.4, 0.5) is 4.79 Å². The molecule has 0 bridgehead atoms. The van der Waals surface area contributed by atoms with E-state index in [1.807, 2.05) is 13.2 Å². The number of benzene rings is 1. The Morgan fingerprint density at radius 1 is 1.05 bits per heavy atom. The van der Waals surface area contributed by atoms with Gasteiger partial charge in [-0.25, -0.2) is 4.79 Å². The van der Waals surface area contributed by atoms with E-state index in [0.717, 1.165) is 6.42 Å². The van der Waals surface area contributed by atoms with E-state index < -0.39 is 41.6 Å². The average Bonchev–Trinajstić information content (AvgIpc) is 2.89. The lowest BCUT2D eigenvalue weighted by molar-refractivity contribution is -0.146. The van der Waals surface area contributed by atoms with Gasteiger partial charge in [0.05, 0.1) is 7.11 Å². The van der Waals surface area contributed by atoms with Crippen molar-refractivity contribution in [1.82, 2.24) is 15.5 Å². The molecule has 0 aliphatic carbocycles. The minimum atomic E-state index is -1.09. The highest BCUT2D eigenvalue weighted by Crippen LogP contribution is 2.28. The molecule has 3 unspecified atom stereocenters. The van der Waals surface area contributed by atoms with Crippen LogP contribution in [0.25, 0.3) is 0 Å². The fourth-order valence-corrected chi connectivity index (χ4v) is 4.43. The quantitative estimate of drug-likeness (QED) is 0.251. The molecule has 0 aromatic heterocycles. The molecule has 40 heavy (non-hydrogen) atoms. The lowest BCUT2D eigenvalue weighted by atomic mass is 9.96. The number of alkyl carbamates (subject to hydrolysis) is 1. The molecule has 9 nitrogen and oxygen atoms in total. The molecular formula is C30H45N3O6S. The maximum absolute atomic E-state index is 14.3. The zero-order valence-electron chi connectivity index (χ0n) is 25.0. The molecular weight excluding hydrogens is 530 g/mol. The van der Waals surface area contributed by atoms with Gasteiger partial charge in [0, 0.05) is 11.6 Å². The lowest BCUT2D eigenvalue weighted by Gasteiger charge is -2.38. The Kier molecular flexibility index (Phi) is 14.6. The van der Waals surface area contributed by atoms with Crippen molar-refractivity contribution < 1.29 is 28.7 Å². The van der Waals surface area contributed by atoms with E-state index in [-0.39, 0.29) is 12.6 Å². The van der Waals surface area contributed by atoms with Crippen LogP contribution in [0.1, 0.15) is 78.0 Å². The number of esters is 1. The molecule has 0 spiro atoms. The van der Waals surface area contributed by atoms with E-state index in [9.17, 15) is 19.2 Å². The Bertz CT molecular complexity index is 1030. The van der Waals surface area contributed by atoms with Gasteiger partial charge in [-0.05, 0) is 82.6 Å². The third-order valence-corrected chi connectivity index (χ3v) is 6.69. The van der Waals surface area contributed by atoms with E-state index in [0.29, 0.717) is 35.6 Å². The van der Waals surface area contributed by atoms with Gasteiger partial charge in [-0.3, -0.25) is 14.4 Å². The standard InChI is InChI=1S/C30H45N3O6S/c1-10-22-13-15-23(16-14-22)26(27(35)31-19-25(34)38-8)33(21(4)12-11-20(2)3)28(36)24(17-18-40-9)32-29(37)39-30(5,6)7/h1,13-16,20-21,24,26H,11-12,17-19H2,2-9H3,(H,31,35)(H,32,37). The lowest BCUT2D eigenvalue weighted by Crippen LogP contribution is -2.56. The molecule has 0 aliphatic rings. The summed E-state index contributed by atoms with van der Waals surface area (Å²) in [6, 6.07) is 4.38. The minimum Gasteiger partial charge on any atom is -0.468 e. The molecule has 2 N–H and O–H groups in total. The van der Waals surface area contributed by atoms with Gasteiger partial charge in [0.15, 0.2) is 0 Å². The van der Waals surface area contributed by atoms with Crippen LogP contribution in [0.2, 0.25) is 0 Å². The number of rotatable bonds is 14. The van der Waals surface area contributed by atoms with Gasteiger partial charge in [-0.15, -0.1) is 6.42 Å². The highest BCUT2D eigenvalue weighted by atomic mass is 32.2. The molecule has 222 valence electrons. The minimum absolute atomic E-state index is 0.333. The molecule has 1 aromatic carbocycles. The van der Waals surface area contributed by atoms with Crippen LogP contribution in [0.3, 0.4) is 0 Å². The zero-order chi connectivity index (χ0) is 30.5. The van der Waals surface area contributed by atoms with Crippen molar-refractivity contribution in [2.75, 3.05) is 25.7 Å². The van der Waals surface area contributed by atoms with Crippen LogP contribution in [0, 0.1) is 18.3 Å². The predicted molar refractivity (Wildman–Crippen MR) is 159 cm³/mol. The van der Waals surface area contributed by atoms with E-state index in [1.165, 1.54) is 23.8 Å². The summed E-state index contributed by atoms with van der Waals surface area (Å²) in [6.45, 7) is 10.9. The number of hydrogen-bond donors (Lipinski definition) is 2. The fourth-order valence-electron chi connectivity index (χ4n) is 3.96. The smallest absolute Gasteiger partial charge is 0.408 e. The second kappa shape index (κ2) is 16.8. The number of thioether (sulfide) groups is 1. The summed E-state index contributed by atoms with van der Waals surface area (Å²) in [5.74, 6) is 1.92. The Morgan fingerprint density at radius 3 is 2.17 bits per heavy atom. The van der Waals surface area contributed by atoms with Gasteiger partial charge < -0.3 is 25.0 Å². The van der Waals surface area contributed by atoms with E-state index in [2.05, 4.69) is 35.1 Å². The number of carbonyl (C=O) groups excluding carboxylic acids is 4. The van der Waals surface area contributed by atoms with Gasteiger partial charge in [0.25, 0.3) is 0 Å². The van der Waals surface area contributed by atoms with E-state index in [1.54, 1.807) is 45.0 Å². The van der Waals surface area contributed by atoms with E-state index in [4.69, 9.17) is 11.2 Å². The molecule has 0 aliphatic heterocycles. The van der Waals surface area contributed by atoms with Crippen molar-refractivity contribution in [2.24, 2.45) is 5.92 Å². The Hall–Kier alpha value is -3.19. The maximum atomic E-state index is 14.3. The summed E-state index contributed by atoms with van der Waals surface area (Å²) >= 11 is 1.54. The summed E-state index contributed by atoms with van der Waals surface area (Å²) in [5.41, 5.74) is 0.385.